The molecule has 0 aliphatic heterocycles. The van der Waals surface area contributed by atoms with Crippen LogP contribution in [0.1, 0.15) is 36.8 Å². The van der Waals surface area contributed by atoms with Gasteiger partial charge in [0.1, 0.15) is 21.2 Å². The highest BCUT2D eigenvalue weighted by Crippen LogP contribution is 2.31. The van der Waals surface area contributed by atoms with Crippen LogP contribution in [0.15, 0.2) is 22.6 Å². The van der Waals surface area contributed by atoms with E-state index >= 15 is 0 Å². The summed E-state index contributed by atoms with van der Waals surface area (Å²) in [5.74, 6) is 1.05. The standard InChI is InChI=1S/C16H23NO3S/c1-5-13-14-10-11(2)6-7-15(14)20-16(13)12(3)17-8-9-21(4,18)19/h6-7,10,12,17H,5,8-9H2,1-4H3/t12-/m0/s1. The Morgan fingerprint density at radius 3 is 2.67 bits per heavy atom. The van der Waals surface area contributed by atoms with Crippen LogP contribution < -0.4 is 5.32 Å². The van der Waals surface area contributed by atoms with Crippen LogP contribution in [0.3, 0.4) is 0 Å². The number of hydrogen-bond donors (Lipinski definition) is 1. The molecule has 0 radical (unpaired) electrons. The maximum absolute atomic E-state index is 11.2. The van der Waals surface area contributed by atoms with Gasteiger partial charge in [-0.05, 0) is 32.4 Å². The van der Waals surface area contributed by atoms with Crippen LogP contribution >= 0.6 is 0 Å². The maximum atomic E-state index is 11.2. The van der Waals surface area contributed by atoms with Crippen LogP contribution in [-0.4, -0.2) is 27.0 Å². The summed E-state index contributed by atoms with van der Waals surface area (Å²) in [5, 5.41) is 4.39. The fraction of sp³-hybridized carbons (Fsp3) is 0.500. The summed E-state index contributed by atoms with van der Waals surface area (Å²) in [5.41, 5.74) is 3.31. The van der Waals surface area contributed by atoms with E-state index in [1.165, 1.54) is 17.4 Å². The van der Waals surface area contributed by atoms with Gasteiger partial charge in [-0.1, -0.05) is 18.6 Å². The Kier molecular flexibility index (Phi) is 4.74. The Morgan fingerprint density at radius 2 is 2.05 bits per heavy atom. The first-order valence-electron chi connectivity index (χ1n) is 7.25. The topological polar surface area (TPSA) is 59.3 Å². The summed E-state index contributed by atoms with van der Waals surface area (Å²) in [7, 11) is -2.94. The van der Waals surface area contributed by atoms with Crippen molar-refractivity contribution < 1.29 is 12.8 Å². The molecule has 4 nitrogen and oxygen atoms in total. The Balaban J connectivity index is 2.24. The van der Waals surface area contributed by atoms with Crippen molar-refractivity contribution in [1.29, 1.82) is 0 Å². The fourth-order valence-electron chi connectivity index (χ4n) is 2.55. The van der Waals surface area contributed by atoms with Crippen LogP contribution in [-0.2, 0) is 16.3 Å². The van der Waals surface area contributed by atoms with E-state index in [2.05, 4.69) is 25.2 Å². The third-order valence-corrected chi connectivity index (χ3v) is 4.59. The molecule has 1 heterocycles. The lowest BCUT2D eigenvalue weighted by atomic mass is 10.0. The minimum Gasteiger partial charge on any atom is -0.459 e. The normalized spacial score (nSPS) is 13.7. The number of rotatable bonds is 6. The van der Waals surface area contributed by atoms with E-state index < -0.39 is 9.84 Å². The van der Waals surface area contributed by atoms with Gasteiger partial charge in [0.05, 0.1) is 11.8 Å². The molecule has 1 aromatic heterocycles. The monoisotopic (exact) mass is 309 g/mol. The van der Waals surface area contributed by atoms with Gasteiger partial charge in [-0.3, -0.25) is 0 Å². The van der Waals surface area contributed by atoms with E-state index in [1.807, 2.05) is 19.1 Å². The van der Waals surface area contributed by atoms with E-state index in [0.29, 0.717) is 6.54 Å². The summed E-state index contributed by atoms with van der Waals surface area (Å²) in [6.45, 7) is 6.62. The molecular weight excluding hydrogens is 286 g/mol. The number of nitrogens with one attached hydrogen (secondary N) is 1. The maximum Gasteiger partial charge on any atom is 0.148 e. The molecule has 5 heteroatoms. The molecule has 21 heavy (non-hydrogen) atoms. The zero-order chi connectivity index (χ0) is 15.6. The van der Waals surface area contributed by atoms with Gasteiger partial charge in [-0.2, -0.15) is 0 Å². The van der Waals surface area contributed by atoms with Gasteiger partial charge >= 0.3 is 0 Å². The number of benzene rings is 1. The first kappa shape index (κ1) is 16.0. The first-order chi connectivity index (χ1) is 9.81. The van der Waals surface area contributed by atoms with Gasteiger partial charge in [-0.15, -0.1) is 0 Å². The number of fused-ring (bicyclic) bond motifs is 1. The smallest absolute Gasteiger partial charge is 0.148 e. The van der Waals surface area contributed by atoms with Crippen molar-refractivity contribution in [1.82, 2.24) is 5.32 Å². The Hall–Kier alpha value is -1.33. The van der Waals surface area contributed by atoms with Crippen LogP contribution in [0, 0.1) is 6.92 Å². The minimum atomic E-state index is -2.94. The molecule has 0 saturated carbocycles. The highest BCUT2D eigenvalue weighted by Gasteiger charge is 2.18. The lowest BCUT2D eigenvalue weighted by molar-refractivity contribution is 0.454. The SMILES string of the molecule is CCc1c([C@H](C)NCCS(C)(=O)=O)oc2ccc(C)cc12. The predicted octanol–water partition coefficient (Wildman–Crippen LogP) is 3.00. The third-order valence-electron chi connectivity index (χ3n) is 3.65. The van der Waals surface area contributed by atoms with Crippen LogP contribution in [0.4, 0.5) is 0 Å². The zero-order valence-corrected chi connectivity index (χ0v) is 13.9. The zero-order valence-electron chi connectivity index (χ0n) is 13.1. The van der Waals surface area contributed by atoms with Crippen molar-refractivity contribution in [2.24, 2.45) is 0 Å². The molecule has 1 atom stereocenters. The Labute approximate surface area is 126 Å². The summed E-state index contributed by atoms with van der Waals surface area (Å²) < 4.78 is 28.4. The number of furan rings is 1. The largest absolute Gasteiger partial charge is 0.459 e. The molecule has 0 spiro atoms. The van der Waals surface area contributed by atoms with Crippen molar-refractivity contribution in [3.05, 3.63) is 35.1 Å². The molecule has 2 rings (SSSR count). The van der Waals surface area contributed by atoms with E-state index in [9.17, 15) is 8.42 Å². The second kappa shape index (κ2) is 6.20. The van der Waals surface area contributed by atoms with Gasteiger partial charge in [-0.25, -0.2) is 8.42 Å². The molecule has 0 saturated heterocycles. The molecule has 0 aliphatic rings. The highest BCUT2D eigenvalue weighted by molar-refractivity contribution is 7.90. The van der Waals surface area contributed by atoms with E-state index in [-0.39, 0.29) is 11.8 Å². The molecule has 0 bridgehead atoms. The molecule has 0 unspecified atom stereocenters. The van der Waals surface area contributed by atoms with Crippen LogP contribution in [0.25, 0.3) is 11.0 Å². The van der Waals surface area contributed by atoms with Gasteiger partial charge < -0.3 is 9.73 Å². The number of aryl methyl sites for hydroxylation is 2. The van der Waals surface area contributed by atoms with E-state index in [0.717, 1.165) is 23.2 Å². The quantitative estimate of drug-likeness (QED) is 0.891. The van der Waals surface area contributed by atoms with E-state index in [4.69, 9.17) is 4.42 Å². The van der Waals surface area contributed by atoms with Crippen molar-refractivity contribution in [2.75, 3.05) is 18.6 Å². The number of hydrogen-bond acceptors (Lipinski definition) is 4. The number of sulfone groups is 1. The molecule has 0 amide bonds. The molecule has 116 valence electrons. The second-order valence-corrected chi connectivity index (χ2v) is 7.86. The highest BCUT2D eigenvalue weighted by atomic mass is 32.2. The second-order valence-electron chi connectivity index (χ2n) is 5.60. The van der Waals surface area contributed by atoms with Gasteiger partial charge in [0.25, 0.3) is 0 Å². The lowest BCUT2D eigenvalue weighted by Gasteiger charge is -2.12. The average molecular weight is 309 g/mol. The lowest BCUT2D eigenvalue weighted by Crippen LogP contribution is -2.25. The van der Waals surface area contributed by atoms with E-state index in [1.54, 1.807) is 0 Å². The molecule has 1 N–H and O–H groups in total. The van der Waals surface area contributed by atoms with Crippen LogP contribution in [0.5, 0.6) is 0 Å². The molecular formula is C16H23NO3S. The Bertz CT molecular complexity index is 731. The summed E-state index contributed by atoms with van der Waals surface area (Å²) in [6, 6.07) is 6.17. The summed E-state index contributed by atoms with van der Waals surface area (Å²) in [6.07, 6.45) is 2.14. The third kappa shape index (κ3) is 3.86. The van der Waals surface area contributed by atoms with Gasteiger partial charge in [0.2, 0.25) is 0 Å². The summed E-state index contributed by atoms with van der Waals surface area (Å²) in [4.78, 5) is 0. The summed E-state index contributed by atoms with van der Waals surface area (Å²) >= 11 is 0. The minimum absolute atomic E-state index is 0.00518. The molecule has 2 aromatic rings. The van der Waals surface area contributed by atoms with Crippen molar-refractivity contribution in [3.8, 4) is 0 Å². The first-order valence-corrected chi connectivity index (χ1v) is 9.31. The van der Waals surface area contributed by atoms with Crippen LogP contribution in [0.2, 0.25) is 0 Å². The van der Waals surface area contributed by atoms with Gasteiger partial charge in [0.15, 0.2) is 0 Å². The average Bonchev–Trinajstić information content (AvgIpc) is 2.74. The fourth-order valence-corrected chi connectivity index (χ4v) is 3.04. The van der Waals surface area contributed by atoms with Crippen molar-refractivity contribution in [3.63, 3.8) is 0 Å². The molecule has 1 aromatic carbocycles. The molecule has 0 fully saturated rings. The predicted molar refractivity (Wildman–Crippen MR) is 86.5 cm³/mol. The Morgan fingerprint density at radius 1 is 1.33 bits per heavy atom. The van der Waals surface area contributed by atoms with Gasteiger partial charge in [0, 0.05) is 23.8 Å². The van der Waals surface area contributed by atoms with Crippen molar-refractivity contribution in [2.45, 2.75) is 33.2 Å². The molecule has 0 aliphatic carbocycles. The van der Waals surface area contributed by atoms with Crippen molar-refractivity contribution >= 4 is 20.8 Å².